The van der Waals surface area contributed by atoms with Gasteiger partial charge in [0.15, 0.2) is 0 Å². The van der Waals surface area contributed by atoms with E-state index in [1.807, 2.05) is 12.1 Å². The van der Waals surface area contributed by atoms with E-state index in [0.717, 1.165) is 18.4 Å². The van der Waals surface area contributed by atoms with Crippen LogP contribution in [0.15, 0.2) is 24.3 Å². The van der Waals surface area contributed by atoms with Crippen LogP contribution in [0, 0.1) is 11.7 Å². The van der Waals surface area contributed by atoms with Gasteiger partial charge in [-0.1, -0.05) is 38.5 Å². The molecule has 100 valence electrons. The first-order chi connectivity index (χ1) is 8.66. The molecule has 1 saturated carbocycles. The molecule has 1 aromatic rings. The van der Waals surface area contributed by atoms with Gasteiger partial charge in [-0.05, 0) is 36.8 Å². The summed E-state index contributed by atoms with van der Waals surface area (Å²) in [5, 5.41) is 0. The maximum absolute atomic E-state index is 13.8. The molecule has 0 saturated heterocycles. The predicted molar refractivity (Wildman–Crippen MR) is 71.6 cm³/mol. The van der Waals surface area contributed by atoms with Gasteiger partial charge in [0.25, 0.3) is 0 Å². The highest BCUT2D eigenvalue weighted by atomic mass is 19.1. The van der Waals surface area contributed by atoms with Crippen molar-refractivity contribution >= 4 is 6.41 Å². The van der Waals surface area contributed by atoms with Crippen LogP contribution in [0.5, 0.6) is 0 Å². The van der Waals surface area contributed by atoms with E-state index in [2.05, 4.69) is 19.6 Å². The zero-order valence-electron chi connectivity index (χ0n) is 11.2. The van der Waals surface area contributed by atoms with Crippen molar-refractivity contribution in [3.05, 3.63) is 35.6 Å². The fourth-order valence-electron chi connectivity index (χ4n) is 3.17. The summed E-state index contributed by atoms with van der Waals surface area (Å²) in [6.45, 7) is 4.41. The second-order valence-corrected chi connectivity index (χ2v) is 4.77. The summed E-state index contributed by atoms with van der Waals surface area (Å²) < 4.78 is 13.8. The van der Waals surface area contributed by atoms with E-state index >= 15 is 0 Å². The number of halogens is 1. The molecule has 1 aromatic carbocycles. The number of hydrogen-bond acceptors (Lipinski definition) is 1. The van der Waals surface area contributed by atoms with Crippen LogP contribution in [0.25, 0.3) is 0 Å². The van der Waals surface area contributed by atoms with Gasteiger partial charge >= 0.3 is 0 Å². The molecule has 1 amide bonds. The smallest absolute Gasteiger partial charge is 0.204 e. The highest BCUT2D eigenvalue weighted by molar-refractivity contribution is 5.42. The number of rotatable bonds is 3. The number of nitrogens with two attached hydrogens (primary N) is 1. The summed E-state index contributed by atoms with van der Waals surface area (Å²) in [5.74, 6) is 0.664. The van der Waals surface area contributed by atoms with Gasteiger partial charge in [-0.3, -0.25) is 4.79 Å². The summed E-state index contributed by atoms with van der Waals surface area (Å²) in [5.41, 5.74) is 5.26. The quantitative estimate of drug-likeness (QED) is 0.822. The second kappa shape index (κ2) is 6.53. The maximum Gasteiger partial charge on any atom is 0.204 e. The summed E-state index contributed by atoms with van der Waals surface area (Å²) in [6, 6.07) is 7.31. The van der Waals surface area contributed by atoms with Crippen molar-refractivity contribution in [3.63, 3.8) is 0 Å². The first kappa shape index (κ1) is 14.7. The third kappa shape index (κ3) is 2.55. The Kier molecular flexibility index (Phi) is 5.32. The number of hydrogen-bond donors (Lipinski definition) is 1. The van der Waals surface area contributed by atoms with Gasteiger partial charge < -0.3 is 5.73 Å². The van der Waals surface area contributed by atoms with Crippen molar-refractivity contribution in [1.29, 1.82) is 0 Å². The fourth-order valence-corrected chi connectivity index (χ4v) is 3.17. The topological polar surface area (TPSA) is 43.1 Å². The van der Waals surface area contributed by atoms with Gasteiger partial charge in [-0.2, -0.15) is 0 Å². The molecule has 2 unspecified atom stereocenters. The number of benzene rings is 1. The Balaban J connectivity index is 0.000000492. The van der Waals surface area contributed by atoms with Gasteiger partial charge in [0.05, 0.1) is 0 Å². The van der Waals surface area contributed by atoms with E-state index in [4.69, 9.17) is 4.79 Å². The largest absolute Gasteiger partial charge is 0.372 e. The van der Waals surface area contributed by atoms with Crippen molar-refractivity contribution in [2.75, 3.05) is 0 Å². The summed E-state index contributed by atoms with van der Waals surface area (Å²) >= 11 is 0. The molecule has 3 heteroatoms. The minimum Gasteiger partial charge on any atom is -0.372 e. The first-order valence-corrected chi connectivity index (χ1v) is 6.56. The second-order valence-electron chi connectivity index (χ2n) is 4.77. The Bertz CT molecular complexity index is 388. The average Bonchev–Trinajstić information content (AvgIpc) is 2.33. The molecular formula is C15H22FNO. The third-order valence-electron chi connectivity index (χ3n) is 4.25. The molecule has 0 heterocycles. The summed E-state index contributed by atoms with van der Waals surface area (Å²) in [4.78, 5) is 8.58. The van der Waals surface area contributed by atoms with E-state index < -0.39 is 0 Å². The standard InChI is InChI=1S/C14H19F.CH3NO/c1-3-11-9-10-14(11,4-2)12-7-5-6-8-13(12)15;2-1-3/h5-8,11H,3-4,9-10H2,1-2H3;1H,(H2,2,3). The molecule has 2 atom stereocenters. The molecule has 2 N–H and O–H groups in total. The van der Waals surface area contributed by atoms with Crippen molar-refractivity contribution < 1.29 is 9.18 Å². The molecule has 1 aliphatic carbocycles. The number of amides is 1. The summed E-state index contributed by atoms with van der Waals surface area (Å²) in [7, 11) is 0. The monoisotopic (exact) mass is 251 g/mol. The van der Waals surface area contributed by atoms with Crippen LogP contribution < -0.4 is 5.73 Å². The lowest BCUT2D eigenvalue weighted by Gasteiger charge is -2.50. The van der Waals surface area contributed by atoms with Crippen molar-refractivity contribution in [1.82, 2.24) is 0 Å². The lowest BCUT2D eigenvalue weighted by atomic mass is 9.54. The van der Waals surface area contributed by atoms with Crippen LogP contribution in [-0.2, 0) is 10.2 Å². The zero-order chi connectivity index (χ0) is 13.6. The van der Waals surface area contributed by atoms with Gasteiger partial charge in [0.2, 0.25) is 6.41 Å². The lowest BCUT2D eigenvalue weighted by molar-refractivity contribution is -0.106. The highest BCUT2D eigenvalue weighted by Crippen LogP contribution is 2.53. The summed E-state index contributed by atoms with van der Waals surface area (Å²) in [6.07, 6.45) is 4.90. The van der Waals surface area contributed by atoms with Crippen LogP contribution in [0.1, 0.15) is 45.1 Å². The van der Waals surface area contributed by atoms with Gasteiger partial charge in [0, 0.05) is 5.41 Å². The van der Waals surface area contributed by atoms with Crippen LogP contribution in [-0.4, -0.2) is 6.41 Å². The molecular weight excluding hydrogens is 229 g/mol. The van der Waals surface area contributed by atoms with Crippen molar-refractivity contribution in [3.8, 4) is 0 Å². The SMILES string of the molecule is CCC1CCC1(CC)c1ccccc1F.NC=O. The predicted octanol–water partition coefficient (Wildman–Crippen LogP) is 3.40. The Morgan fingerprint density at radius 2 is 2.06 bits per heavy atom. The van der Waals surface area contributed by atoms with Crippen LogP contribution >= 0.6 is 0 Å². The number of primary amides is 1. The van der Waals surface area contributed by atoms with Gasteiger partial charge in [-0.25, -0.2) is 4.39 Å². The molecule has 1 aliphatic rings. The van der Waals surface area contributed by atoms with Crippen molar-refractivity contribution in [2.45, 2.75) is 44.9 Å². The molecule has 0 bridgehead atoms. The maximum atomic E-state index is 13.8. The highest BCUT2D eigenvalue weighted by Gasteiger charge is 2.46. The van der Waals surface area contributed by atoms with Crippen LogP contribution in [0.2, 0.25) is 0 Å². The Morgan fingerprint density at radius 1 is 1.44 bits per heavy atom. The first-order valence-electron chi connectivity index (χ1n) is 6.56. The molecule has 0 spiro atoms. The van der Waals surface area contributed by atoms with E-state index in [1.165, 1.54) is 12.8 Å². The van der Waals surface area contributed by atoms with Crippen molar-refractivity contribution in [2.24, 2.45) is 11.7 Å². The average molecular weight is 251 g/mol. The molecule has 0 aliphatic heterocycles. The Hall–Kier alpha value is -1.38. The molecule has 1 fully saturated rings. The van der Waals surface area contributed by atoms with Gasteiger partial charge in [0.1, 0.15) is 5.82 Å². The minimum absolute atomic E-state index is 0.0162. The molecule has 0 radical (unpaired) electrons. The van der Waals surface area contributed by atoms with Crippen LogP contribution in [0.3, 0.4) is 0 Å². The molecule has 2 nitrogen and oxygen atoms in total. The lowest BCUT2D eigenvalue weighted by Crippen LogP contribution is -2.44. The molecule has 18 heavy (non-hydrogen) atoms. The number of carbonyl (C=O) groups is 1. The Labute approximate surface area is 108 Å². The molecule has 0 aromatic heterocycles. The fraction of sp³-hybridized carbons (Fsp3) is 0.533. The van der Waals surface area contributed by atoms with E-state index in [-0.39, 0.29) is 17.6 Å². The normalized spacial score (nSPS) is 25.6. The Morgan fingerprint density at radius 3 is 2.44 bits per heavy atom. The zero-order valence-corrected chi connectivity index (χ0v) is 11.2. The third-order valence-corrected chi connectivity index (χ3v) is 4.25. The number of carbonyl (C=O) groups excluding carboxylic acids is 1. The van der Waals surface area contributed by atoms with E-state index in [0.29, 0.717) is 5.92 Å². The molecule has 2 rings (SSSR count). The van der Waals surface area contributed by atoms with E-state index in [9.17, 15) is 4.39 Å². The van der Waals surface area contributed by atoms with Crippen LogP contribution in [0.4, 0.5) is 4.39 Å². The van der Waals surface area contributed by atoms with Gasteiger partial charge in [-0.15, -0.1) is 0 Å². The van der Waals surface area contributed by atoms with E-state index in [1.54, 1.807) is 12.1 Å². The minimum atomic E-state index is -0.0162.